The number of carbonyl (C=O) groups excluding carboxylic acids is 2. The first-order valence-corrected chi connectivity index (χ1v) is 11.3. The molecule has 3 aliphatic heterocycles. The Bertz CT molecular complexity index is 1120. The van der Waals surface area contributed by atoms with E-state index in [4.69, 9.17) is 15.2 Å². The highest BCUT2D eigenvalue weighted by Gasteiger charge is 2.43. The van der Waals surface area contributed by atoms with Crippen molar-refractivity contribution in [1.82, 2.24) is 20.3 Å². The second-order valence-corrected chi connectivity index (χ2v) is 8.83. The van der Waals surface area contributed by atoms with Gasteiger partial charge in [-0.1, -0.05) is 0 Å². The van der Waals surface area contributed by atoms with Crippen LogP contribution in [0.5, 0.6) is 11.8 Å². The fourth-order valence-corrected chi connectivity index (χ4v) is 4.88. The molecule has 13 heteroatoms. The lowest BCUT2D eigenvalue weighted by atomic mass is 10.00. The predicted molar refractivity (Wildman–Crippen MR) is 115 cm³/mol. The number of nitrogens with one attached hydrogen (secondary N) is 1. The van der Waals surface area contributed by atoms with Crippen molar-refractivity contribution in [3.8, 4) is 11.8 Å². The number of amides is 2. The summed E-state index contributed by atoms with van der Waals surface area (Å²) in [6.07, 6.45) is -1.36. The maximum absolute atomic E-state index is 12.8. The number of nitrogens with two attached hydrogens (primary N) is 1. The Kier molecular flexibility index (Phi) is 5.85. The van der Waals surface area contributed by atoms with Crippen LogP contribution in [0.15, 0.2) is 24.4 Å². The van der Waals surface area contributed by atoms with Crippen LogP contribution in [0.3, 0.4) is 0 Å². The largest absolute Gasteiger partial charge is 0.474 e. The molecular weight excluding hydrogens is 469 g/mol. The SMILES string of the molecule is NC(=O)c1cc(O[C@H]2CCNC2=O)nc(N2[C@@H]3CC[C@H]2C[C@H](Oc2ccc(C(F)(F)F)cn2)C3)n1. The molecule has 3 aliphatic rings. The van der Waals surface area contributed by atoms with Gasteiger partial charge in [-0.3, -0.25) is 9.59 Å². The Morgan fingerprint density at radius 2 is 1.83 bits per heavy atom. The Balaban J connectivity index is 1.32. The normalized spacial score (nSPS) is 25.9. The number of ether oxygens (including phenoxy) is 2. The molecule has 0 aliphatic carbocycles. The van der Waals surface area contributed by atoms with E-state index in [1.165, 1.54) is 12.1 Å². The number of fused-ring (bicyclic) bond motifs is 2. The van der Waals surface area contributed by atoms with Gasteiger partial charge in [0.05, 0.1) is 5.56 Å². The first kappa shape index (κ1) is 23.1. The van der Waals surface area contributed by atoms with Crippen molar-refractivity contribution in [2.45, 2.75) is 62.6 Å². The molecule has 3 fully saturated rings. The first-order chi connectivity index (χ1) is 16.7. The molecule has 2 amide bonds. The number of carbonyl (C=O) groups is 2. The number of aromatic nitrogens is 3. The minimum atomic E-state index is -4.46. The summed E-state index contributed by atoms with van der Waals surface area (Å²) in [5.41, 5.74) is 4.61. The molecule has 0 spiro atoms. The van der Waals surface area contributed by atoms with Gasteiger partial charge in [0.1, 0.15) is 11.8 Å². The predicted octanol–water partition coefficient (Wildman–Crippen LogP) is 1.84. The molecule has 0 unspecified atom stereocenters. The molecule has 0 saturated carbocycles. The lowest BCUT2D eigenvalue weighted by Gasteiger charge is -2.38. The van der Waals surface area contributed by atoms with Crippen LogP contribution in [0.1, 0.15) is 48.2 Å². The van der Waals surface area contributed by atoms with E-state index < -0.39 is 23.8 Å². The smallest absolute Gasteiger partial charge is 0.417 e. The molecule has 2 aromatic heterocycles. The molecular formula is C22H23F3N6O4. The highest BCUT2D eigenvalue weighted by molar-refractivity contribution is 5.91. The number of hydrogen-bond donors (Lipinski definition) is 2. The molecule has 186 valence electrons. The topological polar surface area (TPSA) is 133 Å². The number of anilines is 1. The molecule has 10 nitrogen and oxygen atoms in total. The van der Waals surface area contributed by atoms with Crippen LogP contribution in [0, 0.1) is 0 Å². The summed E-state index contributed by atoms with van der Waals surface area (Å²) in [7, 11) is 0. The summed E-state index contributed by atoms with van der Waals surface area (Å²) in [5.74, 6) is -0.478. The highest BCUT2D eigenvalue weighted by Crippen LogP contribution is 2.40. The van der Waals surface area contributed by atoms with Crippen molar-refractivity contribution in [3.63, 3.8) is 0 Å². The third kappa shape index (κ3) is 4.80. The zero-order chi connectivity index (χ0) is 24.7. The van der Waals surface area contributed by atoms with E-state index in [1.54, 1.807) is 0 Å². The van der Waals surface area contributed by atoms with E-state index in [0.717, 1.165) is 25.1 Å². The van der Waals surface area contributed by atoms with Crippen molar-refractivity contribution in [1.29, 1.82) is 0 Å². The number of rotatable bonds is 6. The molecule has 4 atom stereocenters. The molecule has 3 saturated heterocycles. The van der Waals surface area contributed by atoms with Gasteiger partial charge in [-0.05, 0) is 18.9 Å². The van der Waals surface area contributed by atoms with Gasteiger partial charge < -0.3 is 25.4 Å². The Morgan fingerprint density at radius 3 is 2.40 bits per heavy atom. The standard InChI is InChI=1S/C22H23F3N6O4/c23-22(24,25)11-1-4-17(28-10-11)34-14-7-12-2-3-13(8-14)31(12)21-29-15(19(26)32)9-18(30-21)35-16-5-6-27-20(16)33/h1,4,9-10,12-14,16H,2-3,5-8H2,(H2,26,32)(H,27,33)/t12-,13+,14-,16-/m0/s1. The third-order valence-electron chi connectivity index (χ3n) is 6.48. The zero-order valence-electron chi connectivity index (χ0n) is 18.5. The van der Waals surface area contributed by atoms with Gasteiger partial charge >= 0.3 is 6.18 Å². The number of piperidine rings is 1. The van der Waals surface area contributed by atoms with E-state index in [0.29, 0.717) is 25.8 Å². The summed E-state index contributed by atoms with van der Waals surface area (Å²) >= 11 is 0. The first-order valence-electron chi connectivity index (χ1n) is 11.3. The van der Waals surface area contributed by atoms with Crippen LogP contribution < -0.4 is 25.4 Å². The zero-order valence-corrected chi connectivity index (χ0v) is 18.5. The maximum atomic E-state index is 12.8. The fraction of sp³-hybridized carbons (Fsp3) is 0.500. The second-order valence-electron chi connectivity index (χ2n) is 8.83. The summed E-state index contributed by atoms with van der Waals surface area (Å²) < 4.78 is 49.9. The minimum Gasteiger partial charge on any atom is -0.474 e. The Morgan fingerprint density at radius 1 is 1.09 bits per heavy atom. The number of pyridine rings is 1. The molecule has 2 bridgehead atoms. The number of primary amides is 1. The molecule has 0 radical (unpaired) electrons. The van der Waals surface area contributed by atoms with Crippen LogP contribution in [0.4, 0.5) is 19.1 Å². The van der Waals surface area contributed by atoms with E-state index in [9.17, 15) is 22.8 Å². The maximum Gasteiger partial charge on any atom is 0.417 e. The van der Waals surface area contributed by atoms with Crippen molar-refractivity contribution in [2.24, 2.45) is 5.73 Å². The van der Waals surface area contributed by atoms with Crippen LogP contribution in [-0.2, 0) is 11.0 Å². The molecule has 2 aromatic rings. The van der Waals surface area contributed by atoms with Gasteiger partial charge in [0.2, 0.25) is 17.7 Å². The monoisotopic (exact) mass is 492 g/mol. The number of halogens is 3. The number of nitrogens with zero attached hydrogens (tertiary/aromatic N) is 4. The lowest BCUT2D eigenvalue weighted by Crippen LogP contribution is -2.47. The van der Waals surface area contributed by atoms with Crippen molar-refractivity contribution in [3.05, 3.63) is 35.7 Å². The van der Waals surface area contributed by atoms with Crippen molar-refractivity contribution < 1.29 is 32.2 Å². The van der Waals surface area contributed by atoms with E-state index in [2.05, 4.69) is 20.3 Å². The summed E-state index contributed by atoms with van der Waals surface area (Å²) in [5, 5.41) is 2.68. The van der Waals surface area contributed by atoms with Crippen LogP contribution >= 0.6 is 0 Å². The molecule has 3 N–H and O–H groups in total. The van der Waals surface area contributed by atoms with Gasteiger partial charge in [0, 0.05) is 56.2 Å². The van der Waals surface area contributed by atoms with Crippen LogP contribution in [0.25, 0.3) is 0 Å². The highest BCUT2D eigenvalue weighted by atomic mass is 19.4. The van der Waals surface area contributed by atoms with Crippen LogP contribution in [0.2, 0.25) is 0 Å². The second kappa shape index (κ2) is 8.86. The molecule has 35 heavy (non-hydrogen) atoms. The third-order valence-corrected chi connectivity index (χ3v) is 6.48. The lowest BCUT2D eigenvalue weighted by molar-refractivity contribution is -0.137. The van der Waals surface area contributed by atoms with Crippen LogP contribution in [-0.4, -0.2) is 57.6 Å². The average Bonchev–Trinajstić information content (AvgIpc) is 3.33. The fourth-order valence-electron chi connectivity index (χ4n) is 4.88. The van der Waals surface area contributed by atoms with Crippen molar-refractivity contribution in [2.75, 3.05) is 11.4 Å². The summed E-state index contributed by atoms with van der Waals surface area (Å²) in [6, 6.07) is 3.46. The summed E-state index contributed by atoms with van der Waals surface area (Å²) in [6.45, 7) is 0.496. The molecule has 0 aromatic carbocycles. The minimum absolute atomic E-state index is 0.0149. The average molecular weight is 492 g/mol. The Hall–Kier alpha value is -3.64. The quantitative estimate of drug-likeness (QED) is 0.624. The number of alkyl halides is 3. The molecule has 5 heterocycles. The number of hydrogen-bond acceptors (Lipinski definition) is 8. The summed E-state index contributed by atoms with van der Waals surface area (Å²) in [4.78, 5) is 38.4. The van der Waals surface area contributed by atoms with Gasteiger partial charge in [0.25, 0.3) is 11.8 Å². The van der Waals surface area contributed by atoms with Gasteiger partial charge in [-0.2, -0.15) is 18.2 Å². The van der Waals surface area contributed by atoms with Gasteiger partial charge in [0.15, 0.2) is 6.10 Å². The van der Waals surface area contributed by atoms with E-state index in [1.807, 2.05) is 4.90 Å². The van der Waals surface area contributed by atoms with Gasteiger partial charge in [-0.15, -0.1) is 0 Å². The van der Waals surface area contributed by atoms with E-state index in [-0.39, 0.29) is 47.5 Å². The van der Waals surface area contributed by atoms with Crippen molar-refractivity contribution >= 4 is 17.8 Å². The molecule has 5 rings (SSSR count). The van der Waals surface area contributed by atoms with Gasteiger partial charge in [-0.25, -0.2) is 9.97 Å². The van der Waals surface area contributed by atoms with E-state index >= 15 is 0 Å². The Labute approximate surface area is 198 Å².